The third kappa shape index (κ3) is 3.59. The minimum absolute atomic E-state index is 0.128. The maximum absolute atomic E-state index is 12.4. The molecule has 0 heterocycles. The number of hydrogen-bond donors (Lipinski definition) is 0. The molecule has 0 saturated heterocycles. The van der Waals surface area contributed by atoms with E-state index in [-0.39, 0.29) is 23.8 Å². The second-order valence-corrected chi connectivity index (χ2v) is 9.15. The number of benzene rings is 1. The largest absolute Gasteiger partial charge is 0.457 e. The highest BCUT2D eigenvalue weighted by Gasteiger charge is 2.51. The van der Waals surface area contributed by atoms with E-state index >= 15 is 0 Å². The van der Waals surface area contributed by atoms with Crippen molar-refractivity contribution in [3.05, 3.63) is 33.8 Å². The van der Waals surface area contributed by atoms with Gasteiger partial charge in [0.25, 0.3) is 0 Å². The van der Waals surface area contributed by atoms with Gasteiger partial charge in [-0.2, -0.15) is 0 Å². The van der Waals surface area contributed by atoms with Crippen LogP contribution >= 0.6 is 23.2 Å². The summed E-state index contributed by atoms with van der Waals surface area (Å²) < 4.78 is 5.30. The molecule has 4 fully saturated rings. The molecule has 3 nitrogen and oxygen atoms in total. The monoisotopic (exact) mass is 380 g/mol. The quantitative estimate of drug-likeness (QED) is 0.512. The fourth-order valence-corrected chi connectivity index (χ4v) is 6.19. The first-order chi connectivity index (χ1) is 11.9. The van der Waals surface area contributed by atoms with Crippen LogP contribution in [-0.2, 0) is 9.53 Å². The summed E-state index contributed by atoms with van der Waals surface area (Å²) in [6.07, 6.45) is 7.96. The second-order valence-electron chi connectivity index (χ2n) is 8.30. The molecule has 1 aromatic carbocycles. The number of rotatable bonds is 5. The van der Waals surface area contributed by atoms with Gasteiger partial charge in [-0.3, -0.25) is 9.59 Å². The van der Waals surface area contributed by atoms with Gasteiger partial charge in [0, 0.05) is 10.6 Å². The molecule has 4 saturated carbocycles. The maximum Gasteiger partial charge on any atom is 0.306 e. The molecule has 0 radical (unpaired) electrons. The highest BCUT2D eigenvalue weighted by molar-refractivity contribution is 6.36. The lowest BCUT2D eigenvalue weighted by atomic mass is 9.49. The molecule has 134 valence electrons. The molecule has 0 aromatic heterocycles. The van der Waals surface area contributed by atoms with Crippen LogP contribution < -0.4 is 0 Å². The summed E-state index contributed by atoms with van der Waals surface area (Å²) in [6.45, 7) is -0.273. The van der Waals surface area contributed by atoms with Crippen molar-refractivity contribution in [2.75, 3.05) is 6.61 Å². The number of Topliss-reactive ketones (excluding diaryl/α,β-unsaturated/α-hetero) is 1. The van der Waals surface area contributed by atoms with Crippen LogP contribution in [0.5, 0.6) is 0 Å². The second kappa shape index (κ2) is 6.59. The van der Waals surface area contributed by atoms with Crippen LogP contribution in [-0.4, -0.2) is 18.4 Å². The molecule has 0 amide bonds. The Labute approximate surface area is 158 Å². The topological polar surface area (TPSA) is 43.4 Å². The van der Waals surface area contributed by atoms with Crippen LogP contribution in [0.25, 0.3) is 0 Å². The Morgan fingerprint density at radius 1 is 1.04 bits per heavy atom. The van der Waals surface area contributed by atoms with E-state index in [0.717, 1.165) is 37.0 Å². The van der Waals surface area contributed by atoms with Gasteiger partial charge in [0.2, 0.25) is 5.78 Å². The minimum atomic E-state index is -0.314. The third-order valence-corrected chi connectivity index (χ3v) is 6.84. The van der Waals surface area contributed by atoms with E-state index in [1.165, 1.54) is 25.3 Å². The van der Waals surface area contributed by atoms with Crippen molar-refractivity contribution in [3.8, 4) is 0 Å². The van der Waals surface area contributed by atoms with Crippen molar-refractivity contribution in [3.63, 3.8) is 0 Å². The van der Waals surface area contributed by atoms with E-state index in [1.54, 1.807) is 12.1 Å². The fourth-order valence-electron chi connectivity index (χ4n) is 5.80. The normalized spacial score (nSPS) is 32.6. The van der Waals surface area contributed by atoms with Gasteiger partial charge in [-0.1, -0.05) is 23.2 Å². The minimum Gasteiger partial charge on any atom is -0.457 e. The zero-order valence-electron chi connectivity index (χ0n) is 14.1. The summed E-state index contributed by atoms with van der Waals surface area (Å²) in [7, 11) is 0. The van der Waals surface area contributed by atoms with Crippen LogP contribution in [0.2, 0.25) is 10.0 Å². The molecule has 4 bridgehead atoms. The lowest BCUT2D eigenvalue weighted by Crippen LogP contribution is -2.47. The first-order valence-electron chi connectivity index (χ1n) is 9.06. The van der Waals surface area contributed by atoms with Crippen molar-refractivity contribution in [2.24, 2.45) is 23.2 Å². The van der Waals surface area contributed by atoms with E-state index < -0.39 is 0 Å². The van der Waals surface area contributed by atoms with E-state index in [0.29, 0.717) is 22.0 Å². The van der Waals surface area contributed by atoms with Gasteiger partial charge in [-0.25, -0.2) is 0 Å². The zero-order chi connectivity index (χ0) is 17.6. The Balaban J connectivity index is 1.35. The standard InChI is InChI=1S/C20H22Cl2O3/c21-15-1-2-17(22)16(6-15)18(23)11-25-19(24)10-20-7-12-3-13(8-20)5-14(4-12)9-20/h1-2,6,12-14H,3-5,7-11H2. The maximum atomic E-state index is 12.4. The number of hydrogen-bond acceptors (Lipinski definition) is 3. The molecular weight excluding hydrogens is 359 g/mol. The third-order valence-electron chi connectivity index (χ3n) is 6.28. The average molecular weight is 381 g/mol. The van der Waals surface area contributed by atoms with Crippen LogP contribution in [0.3, 0.4) is 0 Å². The van der Waals surface area contributed by atoms with Crippen molar-refractivity contribution >= 4 is 35.0 Å². The fraction of sp³-hybridized carbons (Fsp3) is 0.600. The lowest BCUT2D eigenvalue weighted by Gasteiger charge is -2.56. The number of ketones is 1. The van der Waals surface area contributed by atoms with Crippen LogP contribution in [0.15, 0.2) is 18.2 Å². The molecule has 5 heteroatoms. The molecule has 0 N–H and O–H groups in total. The summed E-state index contributed by atoms with van der Waals surface area (Å²) in [5.74, 6) is 1.82. The highest BCUT2D eigenvalue weighted by Crippen LogP contribution is 2.61. The highest BCUT2D eigenvalue weighted by atomic mass is 35.5. The molecule has 0 spiro atoms. The number of carbonyl (C=O) groups excluding carboxylic acids is 2. The van der Waals surface area contributed by atoms with Crippen molar-refractivity contribution in [1.82, 2.24) is 0 Å². The Morgan fingerprint density at radius 3 is 2.24 bits per heavy atom. The number of esters is 1. The molecule has 0 aliphatic heterocycles. The smallest absolute Gasteiger partial charge is 0.306 e. The van der Waals surface area contributed by atoms with Gasteiger partial charge in [0.15, 0.2) is 6.61 Å². The van der Waals surface area contributed by atoms with Crippen LogP contribution in [0.4, 0.5) is 0 Å². The zero-order valence-corrected chi connectivity index (χ0v) is 15.6. The van der Waals surface area contributed by atoms with Gasteiger partial charge < -0.3 is 4.74 Å². The molecule has 1 aromatic rings. The Kier molecular flexibility index (Phi) is 4.57. The summed E-state index contributed by atoms with van der Waals surface area (Å²) in [4.78, 5) is 24.6. The molecule has 4 aliphatic rings. The molecule has 25 heavy (non-hydrogen) atoms. The van der Waals surface area contributed by atoms with Crippen LogP contribution in [0.1, 0.15) is 55.3 Å². The van der Waals surface area contributed by atoms with Gasteiger partial charge in [0.05, 0.1) is 11.4 Å². The lowest BCUT2D eigenvalue weighted by molar-refractivity contribution is -0.150. The molecular formula is C20H22Cl2O3. The Morgan fingerprint density at radius 2 is 1.64 bits per heavy atom. The summed E-state index contributed by atoms with van der Waals surface area (Å²) in [5.41, 5.74) is 0.430. The first-order valence-corrected chi connectivity index (χ1v) is 9.82. The van der Waals surface area contributed by atoms with Crippen molar-refractivity contribution in [1.29, 1.82) is 0 Å². The van der Waals surface area contributed by atoms with Gasteiger partial charge in [-0.05, 0) is 79.9 Å². The van der Waals surface area contributed by atoms with E-state index in [1.807, 2.05) is 0 Å². The predicted octanol–water partition coefficient (Wildman–Crippen LogP) is 5.33. The SMILES string of the molecule is O=C(CC12CC3CC(CC(C3)C1)C2)OCC(=O)c1cc(Cl)ccc1Cl. The van der Waals surface area contributed by atoms with E-state index in [2.05, 4.69) is 0 Å². The molecule has 0 atom stereocenters. The summed E-state index contributed by atoms with van der Waals surface area (Å²) in [5, 5.41) is 0.763. The number of carbonyl (C=O) groups is 2. The molecule has 5 rings (SSSR count). The van der Waals surface area contributed by atoms with Crippen LogP contribution in [0, 0.1) is 23.2 Å². The van der Waals surface area contributed by atoms with Crippen molar-refractivity contribution in [2.45, 2.75) is 44.9 Å². The number of ether oxygens (including phenoxy) is 1. The Hall–Kier alpha value is -1.06. The summed E-state index contributed by atoms with van der Waals surface area (Å²) in [6, 6.07) is 4.72. The van der Waals surface area contributed by atoms with Gasteiger partial charge in [-0.15, -0.1) is 0 Å². The van der Waals surface area contributed by atoms with E-state index in [9.17, 15) is 9.59 Å². The molecule has 0 unspecified atom stereocenters. The summed E-state index contributed by atoms with van der Waals surface area (Å²) >= 11 is 11.9. The first kappa shape index (κ1) is 17.4. The van der Waals surface area contributed by atoms with Crippen molar-refractivity contribution < 1.29 is 14.3 Å². The van der Waals surface area contributed by atoms with Gasteiger partial charge >= 0.3 is 5.97 Å². The number of halogens is 2. The average Bonchev–Trinajstić information content (AvgIpc) is 2.53. The Bertz CT molecular complexity index is 678. The van der Waals surface area contributed by atoms with Gasteiger partial charge in [0.1, 0.15) is 0 Å². The molecule has 4 aliphatic carbocycles. The van der Waals surface area contributed by atoms with E-state index in [4.69, 9.17) is 27.9 Å². The predicted molar refractivity (Wildman–Crippen MR) is 97.0 cm³/mol.